The summed E-state index contributed by atoms with van der Waals surface area (Å²) in [7, 11) is -2.08. The normalized spacial score (nSPS) is 11.7. The Hall–Kier alpha value is -3.48. The second-order valence-corrected chi connectivity index (χ2v) is 9.99. The molecule has 0 unspecified atom stereocenters. The van der Waals surface area contributed by atoms with Crippen LogP contribution >= 0.6 is 23.1 Å². The van der Waals surface area contributed by atoms with Crippen molar-refractivity contribution in [2.24, 2.45) is 7.05 Å². The van der Waals surface area contributed by atoms with Crippen LogP contribution in [0.25, 0.3) is 22.3 Å². The van der Waals surface area contributed by atoms with Crippen molar-refractivity contribution in [2.75, 3.05) is 10.0 Å². The maximum absolute atomic E-state index is 12.7. The lowest BCUT2D eigenvalue weighted by molar-refractivity contribution is 0.598. The number of nitrogens with one attached hydrogen (secondary N) is 3. The van der Waals surface area contributed by atoms with Crippen molar-refractivity contribution in [1.82, 2.24) is 29.1 Å². The van der Waals surface area contributed by atoms with E-state index in [4.69, 9.17) is 11.6 Å². The van der Waals surface area contributed by atoms with Gasteiger partial charge >= 0.3 is 0 Å². The predicted molar refractivity (Wildman–Crippen MR) is 128 cm³/mol. The Bertz CT molecular complexity index is 1570. The maximum atomic E-state index is 12.7. The number of benzene rings is 2. The van der Waals surface area contributed by atoms with E-state index in [9.17, 15) is 8.42 Å². The number of aromatic nitrogens is 6. The lowest BCUT2D eigenvalue weighted by Crippen LogP contribution is -2.13. The van der Waals surface area contributed by atoms with Gasteiger partial charge in [0.25, 0.3) is 10.0 Å². The van der Waals surface area contributed by atoms with E-state index in [1.54, 1.807) is 49.0 Å². The Morgan fingerprint density at radius 3 is 2.82 bits per heavy atom. The first-order chi connectivity index (χ1) is 15.8. The number of aryl methyl sites for hydroxylation is 2. The minimum absolute atomic E-state index is 0.0438. The smallest absolute Gasteiger partial charge is 0.280 e. The van der Waals surface area contributed by atoms with E-state index in [2.05, 4.69) is 34.6 Å². The molecule has 0 saturated carbocycles. The Kier molecular flexibility index (Phi) is 5.27. The Morgan fingerprint density at radius 1 is 1.18 bits per heavy atom. The zero-order valence-corrected chi connectivity index (χ0v) is 19.8. The molecule has 3 N–H and O–H groups in total. The van der Waals surface area contributed by atoms with Crippen molar-refractivity contribution in [3.05, 3.63) is 59.6 Å². The first-order valence-corrected chi connectivity index (χ1v) is 12.3. The van der Waals surface area contributed by atoms with Crippen LogP contribution < -0.4 is 10.0 Å². The standard InChI is InChI=1S/C20H17ClN8O2S2/c1-11-23-17(10-29(11)2)33(30,31)28-13-5-3-4-12(8-13)19-25-20(32-27-19)24-16-7-6-15-14(18(16)21)9-22-26-15/h3-10,28H,1-2H3,(H,22,26)(H,24,25,27). The van der Waals surface area contributed by atoms with E-state index in [1.807, 2.05) is 12.1 Å². The fourth-order valence-electron chi connectivity index (χ4n) is 3.17. The van der Waals surface area contributed by atoms with Gasteiger partial charge in [-0.05, 0) is 31.2 Å². The van der Waals surface area contributed by atoms with Crippen molar-refractivity contribution in [2.45, 2.75) is 11.9 Å². The molecule has 0 bridgehead atoms. The monoisotopic (exact) mass is 500 g/mol. The molecule has 0 atom stereocenters. The van der Waals surface area contributed by atoms with Gasteiger partial charge in [-0.25, -0.2) is 4.98 Å². The first-order valence-electron chi connectivity index (χ1n) is 9.66. The molecule has 0 saturated heterocycles. The highest BCUT2D eigenvalue weighted by atomic mass is 35.5. The van der Waals surface area contributed by atoms with Crippen molar-refractivity contribution in [3.8, 4) is 11.4 Å². The molecule has 2 aromatic carbocycles. The molecule has 0 aliphatic carbocycles. The van der Waals surface area contributed by atoms with Crippen LogP contribution in [0.4, 0.5) is 16.5 Å². The molecule has 5 aromatic rings. The molecule has 0 amide bonds. The van der Waals surface area contributed by atoms with E-state index >= 15 is 0 Å². The molecule has 0 aliphatic rings. The highest BCUT2D eigenvalue weighted by Crippen LogP contribution is 2.33. The summed E-state index contributed by atoms with van der Waals surface area (Å²) in [5.41, 5.74) is 2.56. The Morgan fingerprint density at radius 2 is 2.03 bits per heavy atom. The molecule has 3 heterocycles. The van der Waals surface area contributed by atoms with Gasteiger partial charge in [0.15, 0.2) is 10.9 Å². The summed E-state index contributed by atoms with van der Waals surface area (Å²) < 4.78 is 34.0. The highest BCUT2D eigenvalue weighted by molar-refractivity contribution is 7.92. The fourth-order valence-corrected chi connectivity index (χ4v) is 5.13. The SMILES string of the molecule is Cc1nc(S(=O)(=O)Nc2cccc(-c3nsc(Nc4ccc5[nH]ncc5c4Cl)n3)c2)cn1C. The number of H-pyrrole nitrogens is 1. The molecule has 0 fully saturated rings. The number of anilines is 3. The molecule has 0 radical (unpaired) electrons. The number of sulfonamides is 1. The molecule has 13 heteroatoms. The Balaban J connectivity index is 1.37. The molecule has 33 heavy (non-hydrogen) atoms. The van der Waals surface area contributed by atoms with Gasteiger partial charge in [-0.2, -0.15) is 22.9 Å². The van der Waals surface area contributed by atoms with Crippen LogP contribution in [0.3, 0.4) is 0 Å². The lowest BCUT2D eigenvalue weighted by Gasteiger charge is -2.07. The molecule has 0 aliphatic heterocycles. The van der Waals surface area contributed by atoms with Crippen LogP contribution in [-0.4, -0.2) is 37.5 Å². The molecular weight excluding hydrogens is 484 g/mol. The predicted octanol–water partition coefficient (Wildman–Crippen LogP) is 4.32. The van der Waals surface area contributed by atoms with E-state index in [1.165, 1.54) is 17.7 Å². The number of halogens is 1. The number of imidazole rings is 1. The lowest BCUT2D eigenvalue weighted by atomic mass is 10.2. The van der Waals surface area contributed by atoms with Gasteiger partial charge in [-0.15, -0.1) is 0 Å². The van der Waals surface area contributed by atoms with Gasteiger partial charge in [0.1, 0.15) is 5.82 Å². The molecule has 168 valence electrons. The summed E-state index contributed by atoms with van der Waals surface area (Å²) >= 11 is 7.63. The van der Waals surface area contributed by atoms with Crippen LogP contribution in [0, 0.1) is 6.92 Å². The van der Waals surface area contributed by atoms with Crippen LogP contribution in [-0.2, 0) is 17.1 Å². The summed E-state index contributed by atoms with van der Waals surface area (Å²) in [4.78, 5) is 8.61. The maximum Gasteiger partial charge on any atom is 0.280 e. The molecule has 0 spiro atoms. The minimum atomic E-state index is -3.82. The number of hydrogen-bond donors (Lipinski definition) is 3. The summed E-state index contributed by atoms with van der Waals surface area (Å²) in [5.74, 6) is 1.06. The average Bonchev–Trinajstić information content (AvgIpc) is 3.51. The second kappa shape index (κ2) is 8.14. The first kappa shape index (κ1) is 21.4. The largest absolute Gasteiger partial charge is 0.337 e. The van der Waals surface area contributed by atoms with Gasteiger partial charge in [0, 0.05) is 41.4 Å². The van der Waals surface area contributed by atoms with Crippen LogP contribution in [0.5, 0.6) is 0 Å². The molecule has 3 aromatic heterocycles. The third kappa shape index (κ3) is 4.15. The van der Waals surface area contributed by atoms with Gasteiger partial charge in [-0.1, -0.05) is 23.7 Å². The summed E-state index contributed by atoms with van der Waals surface area (Å²) in [6, 6.07) is 10.6. The van der Waals surface area contributed by atoms with Crippen LogP contribution in [0.2, 0.25) is 5.02 Å². The molecule has 10 nitrogen and oxygen atoms in total. The second-order valence-electron chi connectivity index (χ2n) is 7.23. The van der Waals surface area contributed by atoms with Gasteiger partial charge in [0.2, 0.25) is 5.13 Å². The topological polar surface area (TPSA) is 130 Å². The number of hydrogen-bond acceptors (Lipinski definition) is 8. The van der Waals surface area contributed by atoms with E-state index in [-0.39, 0.29) is 5.03 Å². The number of rotatable bonds is 6. The Labute approximate surface area is 197 Å². The van der Waals surface area contributed by atoms with E-state index in [0.29, 0.717) is 38.7 Å². The molecular formula is C20H17ClN8O2S2. The van der Waals surface area contributed by atoms with Crippen molar-refractivity contribution < 1.29 is 8.42 Å². The zero-order chi connectivity index (χ0) is 23.2. The highest BCUT2D eigenvalue weighted by Gasteiger charge is 2.19. The number of nitrogens with zero attached hydrogens (tertiary/aromatic N) is 5. The molecule has 5 rings (SSSR count). The van der Waals surface area contributed by atoms with Crippen LogP contribution in [0.1, 0.15) is 5.82 Å². The van der Waals surface area contributed by atoms with Gasteiger partial charge in [-0.3, -0.25) is 9.82 Å². The zero-order valence-electron chi connectivity index (χ0n) is 17.4. The van der Waals surface area contributed by atoms with Gasteiger partial charge in [0.05, 0.1) is 22.4 Å². The summed E-state index contributed by atoms with van der Waals surface area (Å²) in [5, 5.41) is 11.9. The third-order valence-corrected chi connectivity index (χ3v) is 7.25. The van der Waals surface area contributed by atoms with Crippen LogP contribution in [0.15, 0.2) is 53.8 Å². The quantitative estimate of drug-likeness (QED) is 0.316. The average molecular weight is 501 g/mol. The summed E-state index contributed by atoms with van der Waals surface area (Å²) in [6.07, 6.45) is 3.13. The van der Waals surface area contributed by atoms with Crippen molar-refractivity contribution >= 4 is 60.6 Å². The number of aromatic amines is 1. The third-order valence-electron chi connectivity index (χ3n) is 4.96. The fraction of sp³-hybridized carbons (Fsp3) is 0.100. The van der Waals surface area contributed by atoms with Crippen molar-refractivity contribution in [1.29, 1.82) is 0 Å². The van der Waals surface area contributed by atoms with E-state index < -0.39 is 10.0 Å². The number of fused-ring (bicyclic) bond motifs is 1. The van der Waals surface area contributed by atoms with Gasteiger partial charge < -0.3 is 9.88 Å². The van der Waals surface area contributed by atoms with Crippen molar-refractivity contribution in [3.63, 3.8) is 0 Å². The minimum Gasteiger partial charge on any atom is -0.337 e. The summed E-state index contributed by atoms with van der Waals surface area (Å²) in [6.45, 7) is 1.74. The van der Waals surface area contributed by atoms with E-state index in [0.717, 1.165) is 10.9 Å².